The summed E-state index contributed by atoms with van der Waals surface area (Å²) in [5, 5.41) is 11.1. The summed E-state index contributed by atoms with van der Waals surface area (Å²) in [4.78, 5) is 23.6. The number of rotatable bonds is 5. The number of carbonyl (C=O) groups excluding carboxylic acids is 2. The Balaban J connectivity index is 4.54. The normalized spacial score (nSPS) is 11.6. The van der Waals surface area contributed by atoms with E-state index < -0.39 is 18.6 Å². The Labute approximate surface area is 83.4 Å². The molecule has 0 aliphatic heterocycles. The van der Waals surface area contributed by atoms with E-state index in [4.69, 9.17) is 5.11 Å². The number of nitrogens with one attached hydrogen (secondary N) is 1. The minimum Gasteiger partial charge on any atom is -0.387 e. The van der Waals surface area contributed by atoms with E-state index in [2.05, 4.69) is 11.9 Å². The molecule has 0 aliphatic rings. The van der Waals surface area contributed by atoms with Gasteiger partial charge in [0.15, 0.2) is 0 Å². The van der Waals surface area contributed by atoms with Crippen molar-refractivity contribution in [3.63, 3.8) is 0 Å². The molecule has 1 atom stereocenters. The van der Waals surface area contributed by atoms with E-state index >= 15 is 0 Å². The molecule has 0 saturated carbocycles. The molecule has 0 heterocycles. The van der Waals surface area contributed by atoms with Crippen molar-refractivity contribution in [3.8, 4) is 0 Å². The number of carbonyl (C=O) groups is 2. The Morgan fingerprint density at radius 2 is 2.21 bits per heavy atom. The van der Waals surface area contributed by atoms with Gasteiger partial charge in [-0.15, -0.1) is 6.58 Å². The van der Waals surface area contributed by atoms with Crippen molar-refractivity contribution in [2.75, 3.05) is 20.7 Å². The van der Waals surface area contributed by atoms with Crippen LogP contribution in [0.5, 0.6) is 0 Å². The second kappa shape index (κ2) is 6.15. The highest BCUT2D eigenvalue weighted by molar-refractivity contribution is 5.87. The van der Waals surface area contributed by atoms with Gasteiger partial charge in [-0.2, -0.15) is 0 Å². The van der Waals surface area contributed by atoms with Crippen molar-refractivity contribution in [1.82, 2.24) is 10.2 Å². The van der Waals surface area contributed by atoms with Crippen LogP contribution in [0.25, 0.3) is 0 Å². The zero-order valence-electron chi connectivity index (χ0n) is 8.49. The largest absolute Gasteiger partial charge is 0.387 e. The summed E-state index contributed by atoms with van der Waals surface area (Å²) < 4.78 is 0. The van der Waals surface area contributed by atoms with E-state index in [1.165, 1.54) is 19.0 Å². The van der Waals surface area contributed by atoms with Crippen LogP contribution in [-0.2, 0) is 9.59 Å². The number of likely N-dealkylation sites (N-methyl/N-ethyl adjacent to an activating group) is 2. The van der Waals surface area contributed by atoms with Crippen LogP contribution >= 0.6 is 0 Å². The summed E-state index contributed by atoms with van der Waals surface area (Å²) in [6, 6.07) is -0.600. The zero-order chi connectivity index (χ0) is 11.1. The highest BCUT2D eigenvalue weighted by Crippen LogP contribution is 2.03. The van der Waals surface area contributed by atoms with Gasteiger partial charge >= 0.3 is 0 Å². The van der Waals surface area contributed by atoms with Crippen LogP contribution in [0.4, 0.5) is 0 Å². The van der Waals surface area contributed by atoms with Crippen LogP contribution < -0.4 is 5.32 Å². The highest BCUT2D eigenvalue weighted by atomic mass is 16.3. The van der Waals surface area contributed by atoms with Crippen LogP contribution in [-0.4, -0.2) is 48.6 Å². The molecule has 5 nitrogen and oxygen atoms in total. The summed E-state index contributed by atoms with van der Waals surface area (Å²) in [6.07, 6.45) is 1.92. The quantitative estimate of drug-likeness (QED) is 0.567. The first kappa shape index (κ1) is 12.6. The van der Waals surface area contributed by atoms with Gasteiger partial charge in [0.1, 0.15) is 12.6 Å². The van der Waals surface area contributed by atoms with Gasteiger partial charge in [0.25, 0.3) is 0 Å². The number of hydrogen-bond acceptors (Lipinski definition) is 3. The molecule has 80 valence electrons. The number of aliphatic hydroxyl groups is 1. The molecular formula is C9H16N2O3. The van der Waals surface area contributed by atoms with E-state index in [1.54, 1.807) is 6.08 Å². The van der Waals surface area contributed by atoms with Crippen molar-refractivity contribution in [3.05, 3.63) is 12.7 Å². The first-order chi connectivity index (χ1) is 6.58. The molecule has 0 unspecified atom stereocenters. The molecule has 0 aromatic heterocycles. The Morgan fingerprint density at radius 1 is 1.64 bits per heavy atom. The van der Waals surface area contributed by atoms with Gasteiger partial charge in [-0.25, -0.2) is 0 Å². The lowest BCUT2D eigenvalue weighted by Crippen LogP contribution is -2.47. The standard InChI is InChI=1S/C9H16N2O3/c1-4-5-7(9(14)10-2)11(3)8(13)6-12/h4,7,12H,1,5-6H2,2-3H3,(H,10,14)/t7-/m0/s1. The first-order valence-electron chi connectivity index (χ1n) is 4.27. The zero-order valence-corrected chi connectivity index (χ0v) is 8.49. The average Bonchev–Trinajstić information content (AvgIpc) is 2.22. The van der Waals surface area contributed by atoms with Crippen molar-refractivity contribution < 1.29 is 14.7 Å². The second-order valence-electron chi connectivity index (χ2n) is 2.82. The van der Waals surface area contributed by atoms with Gasteiger partial charge in [-0.05, 0) is 6.42 Å². The van der Waals surface area contributed by atoms with Crippen LogP contribution in [0.15, 0.2) is 12.7 Å². The molecule has 14 heavy (non-hydrogen) atoms. The fourth-order valence-corrected chi connectivity index (χ4v) is 1.05. The Morgan fingerprint density at radius 3 is 2.57 bits per heavy atom. The maximum atomic E-state index is 11.3. The maximum absolute atomic E-state index is 11.3. The van der Waals surface area contributed by atoms with Crippen LogP contribution in [0, 0.1) is 0 Å². The summed E-state index contributed by atoms with van der Waals surface area (Å²) in [5.74, 6) is -0.755. The van der Waals surface area contributed by atoms with Gasteiger partial charge in [0.05, 0.1) is 0 Å². The minimum atomic E-state index is -0.600. The number of nitrogens with zero attached hydrogens (tertiary/aromatic N) is 1. The van der Waals surface area contributed by atoms with Crippen LogP contribution in [0.2, 0.25) is 0 Å². The molecule has 0 aromatic carbocycles. The molecule has 0 aromatic rings. The van der Waals surface area contributed by atoms with E-state index in [1.807, 2.05) is 0 Å². The smallest absolute Gasteiger partial charge is 0.248 e. The molecule has 0 rings (SSSR count). The molecular weight excluding hydrogens is 184 g/mol. The predicted molar refractivity (Wildman–Crippen MR) is 52.5 cm³/mol. The maximum Gasteiger partial charge on any atom is 0.248 e. The molecule has 0 spiro atoms. The van der Waals surface area contributed by atoms with Crippen molar-refractivity contribution in [2.45, 2.75) is 12.5 Å². The SMILES string of the molecule is C=CC[C@@H](C(=O)NC)N(C)C(=O)CO. The molecule has 0 aliphatic carbocycles. The third-order valence-corrected chi connectivity index (χ3v) is 1.94. The lowest BCUT2D eigenvalue weighted by molar-refractivity contribution is -0.140. The van der Waals surface area contributed by atoms with Gasteiger partial charge in [-0.1, -0.05) is 6.08 Å². The molecule has 5 heteroatoms. The third kappa shape index (κ3) is 3.18. The van der Waals surface area contributed by atoms with Crippen LogP contribution in [0.3, 0.4) is 0 Å². The van der Waals surface area contributed by atoms with E-state index in [-0.39, 0.29) is 5.91 Å². The lowest BCUT2D eigenvalue weighted by atomic mass is 10.1. The van der Waals surface area contributed by atoms with E-state index in [0.29, 0.717) is 6.42 Å². The van der Waals surface area contributed by atoms with Crippen molar-refractivity contribution >= 4 is 11.8 Å². The fourth-order valence-electron chi connectivity index (χ4n) is 1.05. The molecule has 0 fully saturated rings. The predicted octanol–water partition coefficient (Wildman–Crippen LogP) is -0.872. The Hall–Kier alpha value is -1.36. The van der Waals surface area contributed by atoms with E-state index in [9.17, 15) is 9.59 Å². The molecule has 2 N–H and O–H groups in total. The number of hydrogen-bond donors (Lipinski definition) is 2. The minimum absolute atomic E-state index is 0.269. The number of aliphatic hydroxyl groups excluding tert-OH is 1. The molecule has 0 radical (unpaired) electrons. The van der Waals surface area contributed by atoms with Crippen molar-refractivity contribution in [1.29, 1.82) is 0 Å². The van der Waals surface area contributed by atoms with E-state index in [0.717, 1.165) is 0 Å². The lowest BCUT2D eigenvalue weighted by Gasteiger charge is -2.25. The first-order valence-corrected chi connectivity index (χ1v) is 4.27. The van der Waals surface area contributed by atoms with Gasteiger partial charge in [0.2, 0.25) is 11.8 Å². The van der Waals surface area contributed by atoms with Crippen LogP contribution in [0.1, 0.15) is 6.42 Å². The second-order valence-corrected chi connectivity index (χ2v) is 2.82. The third-order valence-electron chi connectivity index (χ3n) is 1.94. The van der Waals surface area contributed by atoms with Gasteiger partial charge < -0.3 is 15.3 Å². The Bertz CT molecular complexity index is 228. The highest BCUT2D eigenvalue weighted by Gasteiger charge is 2.23. The number of amides is 2. The monoisotopic (exact) mass is 200 g/mol. The van der Waals surface area contributed by atoms with Crippen molar-refractivity contribution in [2.24, 2.45) is 0 Å². The summed E-state index contributed by atoms with van der Waals surface area (Å²) in [5.41, 5.74) is 0. The molecule has 0 bridgehead atoms. The average molecular weight is 200 g/mol. The molecule has 2 amide bonds. The van der Waals surface area contributed by atoms with Gasteiger partial charge in [0, 0.05) is 14.1 Å². The topological polar surface area (TPSA) is 69.6 Å². The summed E-state index contributed by atoms with van der Waals surface area (Å²) in [6.45, 7) is 2.91. The Kier molecular flexibility index (Phi) is 5.55. The fraction of sp³-hybridized carbons (Fsp3) is 0.556. The summed E-state index contributed by atoms with van der Waals surface area (Å²) >= 11 is 0. The van der Waals surface area contributed by atoms with Gasteiger partial charge in [-0.3, -0.25) is 9.59 Å². The summed E-state index contributed by atoms with van der Waals surface area (Å²) in [7, 11) is 2.97. The molecule has 0 saturated heterocycles.